The Hall–Kier alpha value is -1.22. The van der Waals surface area contributed by atoms with Gasteiger partial charge < -0.3 is 14.8 Å². The van der Waals surface area contributed by atoms with Gasteiger partial charge in [0, 0.05) is 12.1 Å². The molecule has 0 aromatic heterocycles. The highest BCUT2D eigenvalue weighted by molar-refractivity contribution is 5.40. The van der Waals surface area contributed by atoms with E-state index in [9.17, 15) is 0 Å². The van der Waals surface area contributed by atoms with Crippen LogP contribution in [0.15, 0.2) is 18.2 Å². The molecule has 3 heteroatoms. The molecule has 0 saturated carbocycles. The summed E-state index contributed by atoms with van der Waals surface area (Å²) < 4.78 is 11.3. The van der Waals surface area contributed by atoms with Crippen molar-refractivity contribution in [2.45, 2.75) is 47.1 Å². The Bertz CT molecular complexity index is 404. The van der Waals surface area contributed by atoms with E-state index >= 15 is 0 Å². The minimum atomic E-state index is 0.591. The molecule has 0 radical (unpaired) electrons. The molecule has 1 N–H and O–H groups in total. The smallest absolute Gasteiger partial charge is 0.124 e. The molecule has 1 aromatic carbocycles. The van der Waals surface area contributed by atoms with Gasteiger partial charge in [-0.1, -0.05) is 34.1 Å². The zero-order chi connectivity index (χ0) is 15.7. The predicted molar refractivity (Wildman–Crippen MR) is 89.1 cm³/mol. The molecule has 0 aliphatic heterocycles. The van der Waals surface area contributed by atoms with Crippen molar-refractivity contribution in [3.63, 3.8) is 0 Å². The van der Waals surface area contributed by atoms with Gasteiger partial charge in [0.1, 0.15) is 11.5 Å². The van der Waals surface area contributed by atoms with Crippen LogP contribution in [0.25, 0.3) is 0 Å². The lowest BCUT2D eigenvalue weighted by atomic mass is 10.1. The van der Waals surface area contributed by atoms with Gasteiger partial charge in [0.2, 0.25) is 0 Å². The average Bonchev–Trinajstić information content (AvgIpc) is 2.45. The van der Waals surface area contributed by atoms with Crippen molar-refractivity contribution in [2.24, 2.45) is 11.8 Å². The van der Waals surface area contributed by atoms with Crippen molar-refractivity contribution in [1.29, 1.82) is 0 Å². The third kappa shape index (κ3) is 6.85. The molecule has 3 nitrogen and oxygen atoms in total. The maximum absolute atomic E-state index is 6.01. The maximum atomic E-state index is 6.01. The highest BCUT2D eigenvalue weighted by Crippen LogP contribution is 2.25. The Kier molecular flexibility index (Phi) is 8.21. The van der Waals surface area contributed by atoms with Crippen LogP contribution in [0.4, 0.5) is 0 Å². The van der Waals surface area contributed by atoms with Crippen LogP contribution in [-0.4, -0.2) is 20.3 Å². The number of nitrogens with one attached hydrogen (secondary N) is 1. The van der Waals surface area contributed by atoms with Crippen LogP contribution in [0.5, 0.6) is 11.5 Å². The van der Waals surface area contributed by atoms with E-state index in [1.54, 1.807) is 7.11 Å². The number of ether oxygens (including phenoxy) is 2. The largest absolute Gasteiger partial charge is 0.497 e. The molecular weight excluding hydrogens is 262 g/mol. The summed E-state index contributed by atoms with van der Waals surface area (Å²) in [5, 5.41) is 3.47. The monoisotopic (exact) mass is 293 g/mol. The summed E-state index contributed by atoms with van der Waals surface area (Å²) in [7, 11) is 1.70. The van der Waals surface area contributed by atoms with Gasteiger partial charge >= 0.3 is 0 Å². The molecule has 0 bridgehead atoms. The van der Waals surface area contributed by atoms with Gasteiger partial charge in [0.25, 0.3) is 0 Å². The third-order valence-electron chi connectivity index (χ3n) is 3.44. The minimum absolute atomic E-state index is 0.591. The first kappa shape index (κ1) is 17.8. The Morgan fingerprint density at radius 2 is 1.95 bits per heavy atom. The summed E-state index contributed by atoms with van der Waals surface area (Å²) >= 11 is 0. The first-order chi connectivity index (χ1) is 10.1. The first-order valence-electron chi connectivity index (χ1n) is 8.07. The predicted octanol–water partition coefficient (Wildman–Crippen LogP) is 4.26. The molecular formula is C18H31NO2. The van der Waals surface area contributed by atoms with Crippen molar-refractivity contribution >= 4 is 0 Å². The van der Waals surface area contributed by atoms with Crippen molar-refractivity contribution in [2.75, 3.05) is 20.3 Å². The molecule has 0 heterocycles. The highest BCUT2D eigenvalue weighted by Gasteiger charge is 2.08. The van der Waals surface area contributed by atoms with Crippen LogP contribution in [-0.2, 0) is 6.54 Å². The molecule has 0 aliphatic carbocycles. The van der Waals surface area contributed by atoms with Crippen molar-refractivity contribution in [3.05, 3.63) is 23.8 Å². The van der Waals surface area contributed by atoms with Gasteiger partial charge in [-0.2, -0.15) is 0 Å². The number of rotatable bonds is 10. The number of benzene rings is 1. The van der Waals surface area contributed by atoms with Gasteiger partial charge in [0.15, 0.2) is 0 Å². The summed E-state index contributed by atoms with van der Waals surface area (Å²) in [6.07, 6.45) is 2.41. The Balaban J connectivity index is 2.67. The lowest BCUT2D eigenvalue weighted by Gasteiger charge is -2.17. The molecule has 21 heavy (non-hydrogen) atoms. The van der Waals surface area contributed by atoms with E-state index < -0.39 is 0 Å². The Morgan fingerprint density at radius 1 is 1.19 bits per heavy atom. The molecule has 1 unspecified atom stereocenters. The van der Waals surface area contributed by atoms with E-state index in [2.05, 4.69) is 39.1 Å². The molecule has 0 amide bonds. The Morgan fingerprint density at radius 3 is 2.57 bits per heavy atom. The number of hydrogen-bond acceptors (Lipinski definition) is 3. The van der Waals surface area contributed by atoms with Crippen molar-refractivity contribution < 1.29 is 9.47 Å². The quantitative estimate of drug-likeness (QED) is 0.699. The fraction of sp³-hybridized carbons (Fsp3) is 0.667. The molecule has 120 valence electrons. The van der Waals surface area contributed by atoms with Crippen LogP contribution in [0.2, 0.25) is 0 Å². The SMILES string of the molecule is CCCC(C)COc1ccc(OC)cc1CNCC(C)C. The summed E-state index contributed by atoms with van der Waals surface area (Å²) in [5.74, 6) is 3.08. The lowest BCUT2D eigenvalue weighted by Crippen LogP contribution is -2.20. The van der Waals surface area contributed by atoms with Crippen molar-refractivity contribution in [1.82, 2.24) is 5.32 Å². The second-order valence-corrected chi connectivity index (χ2v) is 6.20. The molecule has 0 aliphatic rings. The van der Waals surface area contributed by atoms with E-state index in [0.717, 1.165) is 31.2 Å². The molecule has 0 spiro atoms. The van der Waals surface area contributed by atoms with E-state index in [-0.39, 0.29) is 0 Å². The summed E-state index contributed by atoms with van der Waals surface area (Å²) in [6, 6.07) is 6.04. The van der Waals surface area contributed by atoms with Crippen LogP contribution in [0.3, 0.4) is 0 Å². The normalized spacial score (nSPS) is 12.5. The fourth-order valence-corrected chi connectivity index (χ4v) is 2.27. The summed E-state index contributed by atoms with van der Waals surface area (Å²) in [4.78, 5) is 0. The second-order valence-electron chi connectivity index (χ2n) is 6.20. The van der Waals surface area contributed by atoms with Crippen LogP contribution in [0.1, 0.15) is 46.1 Å². The van der Waals surface area contributed by atoms with E-state index in [1.807, 2.05) is 12.1 Å². The summed E-state index contributed by atoms with van der Waals surface area (Å²) in [5.41, 5.74) is 1.17. The molecule has 1 atom stereocenters. The number of hydrogen-bond donors (Lipinski definition) is 1. The lowest BCUT2D eigenvalue weighted by molar-refractivity contribution is 0.248. The van der Waals surface area contributed by atoms with Crippen LogP contribution in [0, 0.1) is 11.8 Å². The topological polar surface area (TPSA) is 30.5 Å². The van der Waals surface area contributed by atoms with Gasteiger partial charge in [-0.15, -0.1) is 0 Å². The second kappa shape index (κ2) is 9.67. The van der Waals surface area contributed by atoms with Gasteiger partial charge in [-0.3, -0.25) is 0 Å². The average molecular weight is 293 g/mol. The first-order valence-corrected chi connectivity index (χ1v) is 8.07. The molecule has 0 saturated heterocycles. The molecule has 0 fully saturated rings. The third-order valence-corrected chi connectivity index (χ3v) is 3.44. The zero-order valence-electron chi connectivity index (χ0n) is 14.2. The molecule has 1 rings (SSSR count). The van der Waals surface area contributed by atoms with Crippen LogP contribution < -0.4 is 14.8 Å². The maximum Gasteiger partial charge on any atom is 0.124 e. The van der Waals surface area contributed by atoms with E-state index in [0.29, 0.717) is 11.8 Å². The van der Waals surface area contributed by atoms with E-state index in [1.165, 1.54) is 18.4 Å². The zero-order valence-corrected chi connectivity index (χ0v) is 14.2. The Labute approximate surface area is 130 Å². The molecule has 1 aromatic rings. The van der Waals surface area contributed by atoms with Gasteiger partial charge in [0.05, 0.1) is 13.7 Å². The standard InChI is InChI=1S/C18H31NO2/c1-6-7-15(4)13-21-18-9-8-17(20-5)10-16(18)12-19-11-14(2)3/h8-10,14-15,19H,6-7,11-13H2,1-5H3. The minimum Gasteiger partial charge on any atom is -0.497 e. The number of methoxy groups -OCH3 is 1. The van der Waals surface area contributed by atoms with Crippen LogP contribution >= 0.6 is 0 Å². The van der Waals surface area contributed by atoms with Gasteiger partial charge in [-0.25, -0.2) is 0 Å². The van der Waals surface area contributed by atoms with Gasteiger partial charge in [-0.05, 0) is 43.0 Å². The van der Waals surface area contributed by atoms with E-state index in [4.69, 9.17) is 9.47 Å². The fourth-order valence-electron chi connectivity index (χ4n) is 2.27. The summed E-state index contributed by atoms with van der Waals surface area (Å²) in [6.45, 7) is 11.5. The highest BCUT2D eigenvalue weighted by atomic mass is 16.5. The van der Waals surface area contributed by atoms with Crippen molar-refractivity contribution in [3.8, 4) is 11.5 Å².